The molecule has 0 saturated carbocycles. The number of thioether (sulfide) groups is 1. The number of anilines is 1. The van der Waals surface area contributed by atoms with Gasteiger partial charge in [-0.05, 0) is 0 Å². The van der Waals surface area contributed by atoms with Crippen molar-refractivity contribution in [3.63, 3.8) is 0 Å². The van der Waals surface area contributed by atoms with Crippen molar-refractivity contribution in [1.82, 2.24) is 24.5 Å². The first kappa shape index (κ1) is 22.4. The molecule has 9 nitrogen and oxygen atoms in total. The Morgan fingerprint density at radius 2 is 1.73 bits per heavy atom. The van der Waals surface area contributed by atoms with Crippen LogP contribution in [0, 0.1) is 0 Å². The predicted octanol–water partition coefficient (Wildman–Crippen LogP) is 3.63. The van der Waals surface area contributed by atoms with Crippen LogP contribution in [0.25, 0.3) is 22.6 Å². The van der Waals surface area contributed by atoms with Crippen LogP contribution in [0.5, 0.6) is 11.5 Å². The first-order valence-corrected chi connectivity index (χ1v) is 11.1. The van der Waals surface area contributed by atoms with Crippen LogP contribution in [0.3, 0.4) is 0 Å². The Bertz CT molecular complexity index is 1250. The Morgan fingerprint density at radius 3 is 2.39 bits per heavy atom. The molecule has 10 heteroatoms. The fraction of sp³-hybridized carbons (Fsp3) is 0.217. The summed E-state index contributed by atoms with van der Waals surface area (Å²) in [5, 5.41) is 16.8. The zero-order valence-corrected chi connectivity index (χ0v) is 19.6. The molecular formula is C23H24N6O3S. The summed E-state index contributed by atoms with van der Waals surface area (Å²) in [5.41, 5.74) is 3.30. The molecule has 33 heavy (non-hydrogen) atoms. The van der Waals surface area contributed by atoms with E-state index in [1.807, 2.05) is 55.2 Å². The van der Waals surface area contributed by atoms with E-state index >= 15 is 0 Å². The van der Waals surface area contributed by atoms with Gasteiger partial charge >= 0.3 is 0 Å². The summed E-state index contributed by atoms with van der Waals surface area (Å²) in [4.78, 5) is 12.5. The van der Waals surface area contributed by atoms with Crippen LogP contribution in [0.2, 0.25) is 0 Å². The average molecular weight is 465 g/mol. The van der Waals surface area contributed by atoms with Crippen molar-refractivity contribution < 1.29 is 14.3 Å². The Labute approximate surface area is 195 Å². The first-order valence-electron chi connectivity index (χ1n) is 10.1. The summed E-state index contributed by atoms with van der Waals surface area (Å²) in [6.45, 7) is 0. The number of carbonyl (C=O) groups excluding carboxylic acids is 1. The number of hydrogen-bond donors (Lipinski definition) is 1. The number of hydrogen-bond acceptors (Lipinski definition) is 7. The van der Waals surface area contributed by atoms with Gasteiger partial charge in [-0.1, -0.05) is 42.1 Å². The zero-order valence-electron chi connectivity index (χ0n) is 18.8. The first-order chi connectivity index (χ1) is 16.0. The maximum Gasteiger partial charge on any atom is 0.234 e. The Kier molecular flexibility index (Phi) is 6.64. The van der Waals surface area contributed by atoms with Crippen molar-refractivity contribution in [2.24, 2.45) is 14.1 Å². The molecule has 0 aliphatic heterocycles. The quantitative estimate of drug-likeness (QED) is 0.398. The highest BCUT2D eigenvalue weighted by Crippen LogP contribution is 2.31. The lowest BCUT2D eigenvalue weighted by Gasteiger charge is -2.10. The van der Waals surface area contributed by atoms with Crippen molar-refractivity contribution in [3.8, 4) is 34.1 Å². The molecule has 0 spiro atoms. The van der Waals surface area contributed by atoms with Gasteiger partial charge in [0.05, 0.1) is 25.5 Å². The van der Waals surface area contributed by atoms with Gasteiger partial charge in [0.25, 0.3) is 0 Å². The van der Waals surface area contributed by atoms with E-state index in [0.29, 0.717) is 28.2 Å². The lowest BCUT2D eigenvalue weighted by Crippen LogP contribution is -2.14. The summed E-state index contributed by atoms with van der Waals surface area (Å²) in [6.07, 6.45) is 1.92. The average Bonchev–Trinajstić information content (AvgIpc) is 3.39. The van der Waals surface area contributed by atoms with Gasteiger partial charge in [-0.25, -0.2) is 0 Å². The third-order valence-corrected chi connectivity index (χ3v) is 5.94. The molecule has 0 fully saturated rings. The van der Waals surface area contributed by atoms with E-state index in [4.69, 9.17) is 9.47 Å². The van der Waals surface area contributed by atoms with Crippen molar-refractivity contribution >= 4 is 23.4 Å². The SMILES string of the molecule is COc1cc(NC(=O)CSc2nnc(-c3cn(C)nc3-c3ccccc3)n2C)cc(OC)c1. The number of nitrogens with zero attached hydrogens (tertiary/aromatic N) is 5. The second-order valence-electron chi connectivity index (χ2n) is 7.23. The van der Waals surface area contributed by atoms with Crippen LogP contribution in [0.1, 0.15) is 0 Å². The highest BCUT2D eigenvalue weighted by molar-refractivity contribution is 7.99. The molecule has 0 aliphatic rings. The molecule has 0 saturated heterocycles. The second kappa shape index (κ2) is 9.78. The van der Waals surface area contributed by atoms with Crippen molar-refractivity contribution in [2.45, 2.75) is 5.16 Å². The van der Waals surface area contributed by atoms with Crippen molar-refractivity contribution in [1.29, 1.82) is 0 Å². The van der Waals surface area contributed by atoms with Crippen LogP contribution >= 0.6 is 11.8 Å². The molecule has 2 heterocycles. The molecule has 4 rings (SSSR count). The molecular weight excluding hydrogens is 440 g/mol. The van der Waals surface area contributed by atoms with Crippen molar-refractivity contribution in [2.75, 3.05) is 25.3 Å². The third kappa shape index (κ3) is 5.01. The minimum Gasteiger partial charge on any atom is -0.497 e. The number of ether oxygens (including phenoxy) is 2. The number of aryl methyl sites for hydroxylation is 1. The van der Waals surface area contributed by atoms with Gasteiger partial charge in [-0.3, -0.25) is 9.48 Å². The number of rotatable bonds is 8. The fourth-order valence-corrected chi connectivity index (χ4v) is 4.05. The van der Waals surface area contributed by atoms with E-state index in [1.165, 1.54) is 11.8 Å². The highest BCUT2D eigenvalue weighted by atomic mass is 32.2. The van der Waals surface area contributed by atoms with Crippen LogP contribution < -0.4 is 14.8 Å². The standard InChI is InChI=1S/C23H24N6O3S/c1-28-13-19(21(27-28)15-8-6-5-7-9-15)22-25-26-23(29(22)2)33-14-20(30)24-16-10-17(31-3)12-18(11-16)32-4/h5-13H,14H2,1-4H3,(H,24,30). The van der Waals surface area contributed by atoms with Gasteiger partial charge in [-0.2, -0.15) is 5.10 Å². The number of methoxy groups -OCH3 is 2. The minimum absolute atomic E-state index is 0.171. The van der Waals surface area contributed by atoms with Gasteiger partial charge in [0.2, 0.25) is 5.91 Å². The molecule has 4 aromatic rings. The lowest BCUT2D eigenvalue weighted by molar-refractivity contribution is -0.113. The van der Waals surface area contributed by atoms with E-state index in [1.54, 1.807) is 37.1 Å². The molecule has 2 aromatic heterocycles. The molecule has 0 bridgehead atoms. The molecule has 170 valence electrons. The maximum atomic E-state index is 12.5. The van der Waals surface area contributed by atoms with Crippen LogP contribution in [0.4, 0.5) is 5.69 Å². The summed E-state index contributed by atoms with van der Waals surface area (Å²) in [5.74, 6) is 1.87. The second-order valence-corrected chi connectivity index (χ2v) is 8.18. The number of amides is 1. The van der Waals surface area contributed by atoms with E-state index in [9.17, 15) is 4.79 Å². The van der Waals surface area contributed by atoms with Crippen LogP contribution in [-0.2, 0) is 18.9 Å². The Balaban J connectivity index is 1.48. The monoisotopic (exact) mass is 464 g/mol. The van der Waals surface area contributed by atoms with Crippen molar-refractivity contribution in [3.05, 3.63) is 54.7 Å². The number of aromatic nitrogens is 5. The normalized spacial score (nSPS) is 10.8. The number of carbonyl (C=O) groups is 1. The zero-order chi connectivity index (χ0) is 23.4. The number of benzene rings is 2. The van der Waals surface area contributed by atoms with Gasteiger partial charge in [0.1, 0.15) is 17.2 Å². The number of nitrogens with one attached hydrogen (secondary N) is 1. The van der Waals surface area contributed by atoms with E-state index in [-0.39, 0.29) is 11.7 Å². The summed E-state index contributed by atoms with van der Waals surface area (Å²) >= 11 is 1.31. The predicted molar refractivity (Wildman–Crippen MR) is 128 cm³/mol. The summed E-state index contributed by atoms with van der Waals surface area (Å²) in [7, 11) is 6.88. The molecule has 0 radical (unpaired) electrons. The maximum absolute atomic E-state index is 12.5. The molecule has 0 aliphatic carbocycles. The lowest BCUT2D eigenvalue weighted by atomic mass is 10.1. The van der Waals surface area contributed by atoms with Crippen LogP contribution in [-0.4, -0.2) is 50.4 Å². The van der Waals surface area contributed by atoms with Crippen LogP contribution in [0.15, 0.2) is 59.9 Å². The Hall–Kier alpha value is -3.79. The highest BCUT2D eigenvalue weighted by Gasteiger charge is 2.19. The molecule has 0 atom stereocenters. The fourth-order valence-electron chi connectivity index (χ4n) is 3.34. The third-order valence-electron chi connectivity index (χ3n) is 4.92. The topological polar surface area (TPSA) is 96.1 Å². The molecule has 1 N–H and O–H groups in total. The van der Waals surface area contributed by atoms with Gasteiger partial charge < -0.3 is 19.4 Å². The van der Waals surface area contributed by atoms with E-state index < -0.39 is 0 Å². The molecule has 0 unspecified atom stereocenters. The Morgan fingerprint density at radius 1 is 1.03 bits per heavy atom. The van der Waals surface area contributed by atoms with Gasteiger partial charge in [0, 0.05) is 49.7 Å². The smallest absolute Gasteiger partial charge is 0.234 e. The summed E-state index contributed by atoms with van der Waals surface area (Å²) in [6, 6.07) is 15.2. The van der Waals surface area contributed by atoms with E-state index in [0.717, 1.165) is 16.8 Å². The molecule has 1 amide bonds. The largest absolute Gasteiger partial charge is 0.497 e. The van der Waals surface area contributed by atoms with Gasteiger partial charge in [-0.15, -0.1) is 10.2 Å². The van der Waals surface area contributed by atoms with E-state index in [2.05, 4.69) is 20.6 Å². The molecule has 2 aromatic carbocycles. The van der Waals surface area contributed by atoms with Gasteiger partial charge in [0.15, 0.2) is 11.0 Å². The minimum atomic E-state index is -0.175. The summed E-state index contributed by atoms with van der Waals surface area (Å²) < 4.78 is 14.1.